The van der Waals surface area contributed by atoms with Crippen LogP contribution in [0, 0.1) is 5.92 Å². The van der Waals surface area contributed by atoms with Crippen molar-refractivity contribution in [2.45, 2.75) is 44.3 Å². The molecule has 9 nitrogen and oxygen atoms in total. The molecule has 0 saturated carbocycles. The summed E-state index contributed by atoms with van der Waals surface area (Å²) >= 11 is 0. The van der Waals surface area contributed by atoms with Crippen LogP contribution < -0.4 is 15.6 Å². The Labute approximate surface area is 197 Å². The van der Waals surface area contributed by atoms with Crippen molar-refractivity contribution in [3.63, 3.8) is 0 Å². The molecule has 178 valence electrons. The number of likely N-dealkylation sites (tertiary alicyclic amines) is 1. The second-order valence-corrected chi connectivity index (χ2v) is 9.31. The first-order chi connectivity index (χ1) is 16.4. The van der Waals surface area contributed by atoms with Crippen LogP contribution in [-0.2, 0) is 22.7 Å². The van der Waals surface area contributed by atoms with Crippen molar-refractivity contribution < 1.29 is 19.1 Å². The number of benzene rings is 1. The quantitative estimate of drug-likeness (QED) is 0.656. The summed E-state index contributed by atoms with van der Waals surface area (Å²) in [5.41, 5.74) is 1.83. The maximum absolute atomic E-state index is 13.0. The Kier molecular flexibility index (Phi) is 5.85. The van der Waals surface area contributed by atoms with E-state index in [1.807, 2.05) is 27.7 Å². The molecule has 1 N–H and O–H groups in total. The summed E-state index contributed by atoms with van der Waals surface area (Å²) in [6, 6.07) is 11.4. The van der Waals surface area contributed by atoms with Gasteiger partial charge in [0, 0.05) is 43.7 Å². The van der Waals surface area contributed by atoms with Crippen LogP contribution in [-0.4, -0.2) is 58.5 Å². The summed E-state index contributed by atoms with van der Waals surface area (Å²) in [5.74, 6) is 0.783. The fraction of sp³-hybridized carbons (Fsp3) is 0.440. The number of piperidine rings is 1. The maximum Gasteiger partial charge on any atom is 0.325 e. The molecule has 0 spiro atoms. The molecule has 3 aliphatic rings. The summed E-state index contributed by atoms with van der Waals surface area (Å²) in [4.78, 5) is 53.5. The largest absolute Gasteiger partial charge is 0.497 e. The van der Waals surface area contributed by atoms with Gasteiger partial charge in [0.2, 0.25) is 5.91 Å². The van der Waals surface area contributed by atoms with E-state index in [0.29, 0.717) is 25.4 Å². The molecule has 4 amide bonds. The number of rotatable bonds is 6. The molecule has 3 atom stereocenters. The first-order valence-electron chi connectivity index (χ1n) is 11.6. The first-order valence-corrected chi connectivity index (χ1v) is 11.6. The molecule has 0 aliphatic carbocycles. The average Bonchev–Trinajstić information content (AvgIpc) is 3.11. The molecule has 9 heteroatoms. The molecule has 34 heavy (non-hydrogen) atoms. The Morgan fingerprint density at radius 3 is 2.62 bits per heavy atom. The first kappa shape index (κ1) is 22.2. The molecule has 3 aliphatic heterocycles. The number of nitrogens with zero attached hydrogens (tertiary/aromatic N) is 3. The molecule has 2 aromatic rings. The summed E-state index contributed by atoms with van der Waals surface area (Å²) in [5, 5.41) is 2.72. The molecule has 2 bridgehead atoms. The van der Waals surface area contributed by atoms with Crippen LogP contribution >= 0.6 is 0 Å². The van der Waals surface area contributed by atoms with E-state index in [1.54, 1.807) is 31.4 Å². The third-order valence-corrected chi connectivity index (χ3v) is 7.09. The minimum absolute atomic E-state index is 0.0154. The highest BCUT2D eigenvalue weighted by molar-refractivity contribution is 6.04. The Morgan fingerprint density at radius 2 is 1.85 bits per heavy atom. The lowest BCUT2D eigenvalue weighted by Crippen LogP contribution is -2.49. The van der Waals surface area contributed by atoms with Gasteiger partial charge in [0.05, 0.1) is 13.7 Å². The number of imide groups is 1. The van der Waals surface area contributed by atoms with Crippen LogP contribution in [0.15, 0.2) is 47.3 Å². The Balaban J connectivity index is 1.18. The molecule has 5 rings (SSSR count). The fourth-order valence-electron chi connectivity index (χ4n) is 5.36. The molecule has 2 fully saturated rings. The van der Waals surface area contributed by atoms with Crippen molar-refractivity contribution in [3.05, 3.63) is 64.1 Å². The Bertz CT molecular complexity index is 1170. The van der Waals surface area contributed by atoms with E-state index in [4.69, 9.17) is 4.74 Å². The van der Waals surface area contributed by atoms with Gasteiger partial charge in [-0.3, -0.25) is 19.3 Å². The molecular formula is C25H28N4O5. The van der Waals surface area contributed by atoms with Gasteiger partial charge in [0.15, 0.2) is 0 Å². The van der Waals surface area contributed by atoms with E-state index < -0.39 is 12.1 Å². The number of nitrogens with one attached hydrogen (secondary N) is 1. The van der Waals surface area contributed by atoms with Gasteiger partial charge in [-0.2, -0.15) is 0 Å². The monoisotopic (exact) mass is 464 g/mol. The lowest BCUT2D eigenvalue weighted by Gasteiger charge is -2.42. The van der Waals surface area contributed by atoms with Gasteiger partial charge < -0.3 is 19.5 Å². The van der Waals surface area contributed by atoms with Crippen molar-refractivity contribution in [2.24, 2.45) is 5.92 Å². The minimum atomic E-state index is -0.696. The smallest absolute Gasteiger partial charge is 0.325 e. The Hall–Kier alpha value is -3.62. The van der Waals surface area contributed by atoms with Gasteiger partial charge >= 0.3 is 6.03 Å². The summed E-state index contributed by atoms with van der Waals surface area (Å²) in [6.07, 6.45) is 1.43. The number of hydrogen-bond acceptors (Lipinski definition) is 5. The van der Waals surface area contributed by atoms with Gasteiger partial charge in [0.25, 0.3) is 11.5 Å². The fourth-order valence-corrected chi connectivity index (χ4v) is 5.36. The number of amides is 4. The van der Waals surface area contributed by atoms with Crippen molar-refractivity contribution >= 4 is 17.8 Å². The van der Waals surface area contributed by atoms with Crippen LogP contribution in [0.2, 0.25) is 0 Å². The van der Waals surface area contributed by atoms with Crippen molar-refractivity contribution in [1.29, 1.82) is 0 Å². The van der Waals surface area contributed by atoms with Crippen LogP contribution in [0.5, 0.6) is 5.75 Å². The van der Waals surface area contributed by atoms with Gasteiger partial charge in [-0.25, -0.2) is 4.79 Å². The van der Waals surface area contributed by atoms with Gasteiger partial charge in [-0.1, -0.05) is 18.2 Å². The number of hydrogen-bond donors (Lipinski definition) is 1. The number of pyridine rings is 1. The van der Waals surface area contributed by atoms with Crippen LogP contribution in [0.1, 0.15) is 36.4 Å². The lowest BCUT2D eigenvalue weighted by atomic mass is 9.83. The zero-order valence-corrected chi connectivity index (χ0v) is 19.1. The number of fused-ring (bicyclic) bond motifs is 4. The zero-order chi connectivity index (χ0) is 23.8. The van der Waals surface area contributed by atoms with Crippen molar-refractivity contribution in [2.75, 3.05) is 20.2 Å². The predicted molar refractivity (Wildman–Crippen MR) is 123 cm³/mol. The summed E-state index contributed by atoms with van der Waals surface area (Å²) in [6.45, 7) is 2.00. The van der Waals surface area contributed by atoms with Crippen LogP contribution in [0.4, 0.5) is 4.79 Å². The van der Waals surface area contributed by atoms with Gasteiger partial charge in [0.1, 0.15) is 11.8 Å². The minimum Gasteiger partial charge on any atom is -0.497 e. The number of carbonyl (C=O) groups is 3. The number of methoxy groups -OCH3 is 1. The van der Waals surface area contributed by atoms with Gasteiger partial charge in [-0.05, 0) is 42.5 Å². The molecule has 0 unspecified atom stereocenters. The third kappa shape index (κ3) is 4.18. The summed E-state index contributed by atoms with van der Waals surface area (Å²) < 4.78 is 6.98. The van der Waals surface area contributed by atoms with Crippen LogP contribution in [0.3, 0.4) is 0 Å². The van der Waals surface area contributed by atoms with E-state index in [9.17, 15) is 19.2 Å². The predicted octanol–water partition coefficient (Wildman–Crippen LogP) is 1.70. The normalized spacial score (nSPS) is 23.5. The Morgan fingerprint density at radius 1 is 1.06 bits per heavy atom. The number of carbonyl (C=O) groups excluding carboxylic acids is 3. The van der Waals surface area contributed by atoms with Crippen molar-refractivity contribution in [1.82, 2.24) is 19.7 Å². The standard InChI is InChI=1S/C25H28N4O5/c1-34-19-7-5-16(6-8-19)13-29-24(32)20(26-25(29)33)9-10-22(30)27-12-17-11-18(15-27)21-3-2-4-23(31)28(21)14-17/h2-8,17-18,20H,9-15H2,1H3,(H,26,33)/t17-,18+,20-/m1/s1. The highest BCUT2D eigenvalue weighted by Crippen LogP contribution is 2.35. The summed E-state index contributed by atoms with van der Waals surface area (Å²) in [7, 11) is 1.58. The van der Waals surface area contributed by atoms with E-state index in [1.165, 1.54) is 4.90 Å². The van der Waals surface area contributed by atoms with E-state index in [-0.39, 0.29) is 48.6 Å². The molecule has 4 heterocycles. The van der Waals surface area contributed by atoms with E-state index in [2.05, 4.69) is 5.32 Å². The molecule has 2 saturated heterocycles. The molecular weight excluding hydrogens is 436 g/mol. The van der Waals surface area contributed by atoms with Crippen LogP contribution in [0.25, 0.3) is 0 Å². The number of urea groups is 1. The molecule has 1 aromatic heterocycles. The zero-order valence-electron chi connectivity index (χ0n) is 19.1. The maximum atomic E-state index is 13.0. The lowest BCUT2D eigenvalue weighted by molar-refractivity contribution is -0.134. The highest BCUT2D eigenvalue weighted by atomic mass is 16.5. The van der Waals surface area contributed by atoms with E-state index >= 15 is 0 Å². The van der Waals surface area contributed by atoms with Gasteiger partial charge in [-0.15, -0.1) is 0 Å². The number of aromatic nitrogens is 1. The topological polar surface area (TPSA) is 101 Å². The SMILES string of the molecule is COc1ccc(CN2C(=O)N[C@H](CCC(=O)N3C[C@H]4C[C@@H](C3)c3cccc(=O)n3C4)C2=O)cc1. The average molecular weight is 465 g/mol. The second-order valence-electron chi connectivity index (χ2n) is 9.31. The van der Waals surface area contributed by atoms with Crippen molar-refractivity contribution in [3.8, 4) is 5.75 Å². The molecule has 1 aromatic carbocycles. The number of ether oxygens (including phenoxy) is 1. The second kappa shape index (κ2) is 8.96. The highest BCUT2D eigenvalue weighted by Gasteiger charge is 2.39. The molecule has 0 radical (unpaired) electrons. The van der Waals surface area contributed by atoms with E-state index in [0.717, 1.165) is 17.7 Å². The third-order valence-electron chi connectivity index (χ3n) is 7.09.